The Hall–Kier alpha value is -2.61. The van der Waals surface area contributed by atoms with Crippen LogP contribution in [-0.4, -0.2) is 34.7 Å². The number of nitrogens with one attached hydrogen (secondary N) is 1. The maximum Gasteiger partial charge on any atom is 0.416 e. The molecular formula is C19H20F3N3O2. The number of nitrogens with zero attached hydrogens (tertiary/aromatic N) is 2. The summed E-state index contributed by atoms with van der Waals surface area (Å²) in [6.07, 6.45) is -2.10. The van der Waals surface area contributed by atoms with Gasteiger partial charge in [0.1, 0.15) is 5.69 Å². The predicted molar refractivity (Wildman–Crippen MR) is 95.7 cm³/mol. The van der Waals surface area contributed by atoms with Crippen molar-refractivity contribution in [3.8, 4) is 0 Å². The van der Waals surface area contributed by atoms with Gasteiger partial charge < -0.3 is 15.3 Å². The third-order valence-corrected chi connectivity index (χ3v) is 4.65. The summed E-state index contributed by atoms with van der Waals surface area (Å²) in [7, 11) is 0. The van der Waals surface area contributed by atoms with Gasteiger partial charge in [-0.25, -0.2) is 0 Å². The van der Waals surface area contributed by atoms with E-state index in [0.717, 1.165) is 12.1 Å². The summed E-state index contributed by atoms with van der Waals surface area (Å²) in [5.41, 5.74) is -0.960. The zero-order valence-electron chi connectivity index (χ0n) is 14.8. The molecule has 3 rings (SSSR count). The van der Waals surface area contributed by atoms with Gasteiger partial charge in [0.2, 0.25) is 0 Å². The first-order valence-corrected chi connectivity index (χ1v) is 8.57. The number of carbonyl (C=O) groups is 1. The Balaban J connectivity index is 1.92. The van der Waals surface area contributed by atoms with E-state index in [1.165, 1.54) is 18.3 Å². The zero-order chi connectivity index (χ0) is 19.7. The summed E-state index contributed by atoms with van der Waals surface area (Å²) in [6.45, 7) is 2.69. The largest absolute Gasteiger partial charge is 0.416 e. The molecule has 5 nitrogen and oxygen atoms in total. The van der Waals surface area contributed by atoms with Crippen LogP contribution in [0.3, 0.4) is 0 Å². The lowest BCUT2D eigenvalue weighted by atomic mass is 9.93. The molecule has 0 radical (unpaired) electrons. The Labute approximate surface area is 154 Å². The van der Waals surface area contributed by atoms with Crippen LogP contribution in [0.4, 0.5) is 24.5 Å². The number of anilines is 2. The average Bonchev–Trinajstić information content (AvgIpc) is 2.62. The molecule has 8 heteroatoms. The molecule has 0 aliphatic carbocycles. The predicted octanol–water partition coefficient (Wildman–Crippen LogP) is 3.70. The lowest BCUT2D eigenvalue weighted by Crippen LogP contribution is -2.42. The first-order valence-electron chi connectivity index (χ1n) is 8.57. The Morgan fingerprint density at radius 3 is 2.52 bits per heavy atom. The van der Waals surface area contributed by atoms with Crippen molar-refractivity contribution in [1.29, 1.82) is 0 Å². The molecule has 1 fully saturated rings. The third-order valence-electron chi connectivity index (χ3n) is 4.65. The minimum atomic E-state index is -4.52. The Morgan fingerprint density at radius 1 is 1.22 bits per heavy atom. The van der Waals surface area contributed by atoms with E-state index in [-0.39, 0.29) is 11.4 Å². The maximum absolute atomic E-state index is 13.1. The number of aromatic nitrogens is 1. The molecule has 1 saturated heterocycles. The highest BCUT2D eigenvalue weighted by Gasteiger charge is 2.33. The number of amides is 1. The van der Waals surface area contributed by atoms with E-state index in [0.29, 0.717) is 31.6 Å². The second-order valence-corrected chi connectivity index (χ2v) is 6.88. The van der Waals surface area contributed by atoms with Gasteiger partial charge >= 0.3 is 6.18 Å². The van der Waals surface area contributed by atoms with Crippen LogP contribution in [0.2, 0.25) is 0 Å². The number of piperidine rings is 1. The van der Waals surface area contributed by atoms with Crippen LogP contribution in [0, 0.1) is 0 Å². The minimum Gasteiger partial charge on any atom is -0.390 e. The molecule has 2 heterocycles. The molecule has 27 heavy (non-hydrogen) atoms. The monoisotopic (exact) mass is 379 g/mol. The summed E-state index contributed by atoms with van der Waals surface area (Å²) < 4.78 is 39.4. The fourth-order valence-corrected chi connectivity index (χ4v) is 3.00. The lowest BCUT2D eigenvalue weighted by Gasteiger charge is -2.38. The fraction of sp³-hybridized carbons (Fsp3) is 0.368. The van der Waals surface area contributed by atoms with Gasteiger partial charge in [-0.1, -0.05) is 6.07 Å². The highest BCUT2D eigenvalue weighted by molar-refractivity contribution is 6.04. The molecule has 0 bridgehead atoms. The van der Waals surface area contributed by atoms with Crippen LogP contribution in [0.15, 0.2) is 42.6 Å². The van der Waals surface area contributed by atoms with Crippen LogP contribution < -0.4 is 10.2 Å². The molecule has 144 valence electrons. The van der Waals surface area contributed by atoms with Crippen molar-refractivity contribution in [2.45, 2.75) is 31.5 Å². The van der Waals surface area contributed by atoms with Crippen LogP contribution in [0.25, 0.3) is 0 Å². The highest BCUT2D eigenvalue weighted by Crippen LogP contribution is 2.37. The van der Waals surface area contributed by atoms with Crippen LogP contribution >= 0.6 is 0 Å². The molecule has 0 spiro atoms. The molecule has 1 aromatic carbocycles. The average molecular weight is 379 g/mol. The van der Waals surface area contributed by atoms with E-state index in [4.69, 9.17) is 0 Å². The molecule has 2 aromatic rings. The van der Waals surface area contributed by atoms with Gasteiger partial charge in [0.05, 0.1) is 22.5 Å². The summed E-state index contributed by atoms with van der Waals surface area (Å²) >= 11 is 0. The number of aliphatic hydroxyl groups is 1. The lowest BCUT2D eigenvalue weighted by molar-refractivity contribution is -0.137. The Morgan fingerprint density at radius 2 is 1.93 bits per heavy atom. The normalized spacial score (nSPS) is 16.9. The molecular weight excluding hydrogens is 359 g/mol. The number of hydrogen-bond acceptors (Lipinski definition) is 4. The van der Waals surface area contributed by atoms with Crippen molar-refractivity contribution in [1.82, 2.24) is 4.98 Å². The maximum atomic E-state index is 13.1. The van der Waals surface area contributed by atoms with Gasteiger partial charge in [0.15, 0.2) is 0 Å². The Bertz CT molecular complexity index is 813. The number of hydrogen-bond donors (Lipinski definition) is 2. The van der Waals surface area contributed by atoms with Gasteiger partial charge in [-0.2, -0.15) is 13.2 Å². The van der Waals surface area contributed by atoms with Gasteiger partial charge in [-0.05, 0) is 50.1 Å². The van der Waals surface area contributed by atoms with Crippen molar-refractivity contribution in [2.75, 3.05) is 23.3 Å². The van der Waals surface area contributed by atoms with Crippen LogP contribution in [0.1, 0.15) is 35.8 Å². The summed E-state index contributed by atoms with van der Waals surface area (Å²) in [6, 6.07) is 8.05. The van der Waals surface area contributed by atoms with Gasteiger partial charge in [-0.15, -0.1) is 0 Å². The number of carbonyl (C=O) groups excluding carboxylic acids is 1. The van der Waals surface area contributed by atoms with Crippen molar-refractivity contribution < 1.29 is 23.1 Å². The number of benzene rings is 1. The van der Waals surface area contributed by atoms with Gasteiger partial charge in [-0.3, -0.25) is 9.78 Å². The number of alkyl halides is 3. The molecule has 1 amide bonds. The minimum absolute atomic E-state index is 0.0713. The Kier molecular flexibility index (Phi) is 5.10. The smallest absolute Gasteiger partial charge is 0.390 e. The third kappa shape index (κ3) is 4.57. The van der Waals surface area contributed by atoms with E-state index >= 15 is 0 Å². The standard InChI is InChI=1S/C19H20F3N3O2/c1-18(27)7-10-25(11-8-18)16-6-5-13(19(20,21)22)12-15(16)24-17(26)14-4-2-3-9-23-14/h2-6,9,12,27H,7-8,10-11H2,1H3,(H,24,26). The summed E-state index contributed by atoms with van der Waals surface area (Å²) in [5.74, 6) is -0.583. The second-order valence-electron chi connectivity index (χ2n) is 6.88. The molecule has 0 saturated carbocycles. The van der Waals surface area contributed by atoms with Crippen LogP contribution in [-0.2, 0) is 6.18 Å². The van der Waals surface area contributed by atoms with Crippen molar-refractivity contribution in [3.63, 3.8) is 0 Å². The zero-order valence-corrected chi connectivity index (χ0v) is 14.8. The SMILES string of the molecule is CC1(O)CCN(c2ccc(C(F)(F)F)cc2NC(=O)c2ccccn2)CC1. The first kappa shape index (κ1) is 19.2. The van der Waals surface area contributed by atoms with E-state index < -0.39 is 23.2 Å². The first-order chi connectivity index (χ1) is 12.7. The van der Waals surface area contributed by atoms with Gasteiger partial charge in [0, 0.05) is 19.3 Å². The molecule has 0 atom stereocenters. The molecule has 2 N–H and O–H groups in total. The van der Waals surface area contributed by atoms with E-state index in [9.17, 15) is 23.1 Å². The van der Waals surface area contributed by atoms with E-state index in [2.05, 4.69) is 10.3 Å². The molecule has 1 aliphatic heterocycles. The molecule has 0 unspecified atom stereocenters. The van der Waals surface area contributed by atoms with Crippen LogP contribution in [0.5, 0.6) is 0 Å². The molecule has 1 aliphatic rings. The molecule has 1 aromatic heterocycles. The number of pyridine rings is 1. The fourth-order valence-electron chi connectivity index (χ4n) is 3.00. The van der Waals surface area contributed by atoms with Crippen molar-refractivity contribution in [3.05, 3.63) is 53.9 Å². The van der Waals surface area contributed by atoms with E-state index in [1.807, 2.05) is 4.90 Å². The number of halogens is 3. The van der Waals surface area contributed by atoms with Gasteiger partial charge in [0.25, 0.3) is 5.91 Å². The highest BCUT2D eigenvalue weighted by atomic mass is 19.4. The number of rotatable bonds is 3. The summed E-state index contributed by atoms with van der Waals surface area (Å²) in [5, 5.41) is 12.7. The van der Waals surface area contributed by atoms with Crippen molar-refractivity contribution >= 4 is 17.3 Å². The van der Waals surface area contributed by atoms with Crippen molar-refractivity contribution in [2.24, 2.45) is 0 Å². The second kappa shape index (κ2) is 7.19. The quantitative estimate of drug-likeness (QED) is 0.854. The van der Waals surface area contributed by atoms with E-state index in [1.54, 1.807) is 19.1 Å². The topological polar surface area (TPSA) is 65.5 Å². The summed E-state index contributed by atoms with van der Waals surface area (Å²) in [4.78, 5) is 18.2.